The maximum Gasteiger partial charge on any atom is 0.346 e. The molecule has 2 aromatic heterocycles. The van der Waals surface area contributed by atoms with Gasteiger partial charge in [0, 0.05) is 23.6 Å². The lowest BCUT2D eigenvalue weighted by molar-refractivity contribution is -0.154. The van der Waals surface area contributed by atoms with Gasteiger partial charge in [-0.3, -0.25) is 4.79 Å². The third kappa shape index (κ3) is 6.05. The first-order valence-electron chi connectivity index (χ1n) is 12.3. The highest BCUT2D eigenvalue weighted by Gasteiger charge is 2.41. The van der Waals surface area contributed by atoms with Gasteiger partial charge in [0.25, 0.3) is 0 Å². The van der Waals surface area contributed by atoms with Gasteiger partial charge in [0.1, 0.15) is 11.5 Å². The second-order valence-electron chi connectivity index (χ2n) is 8.93. The number of aromatic amines is 1. The van der Waals surface area contributed by atoms with Crippen LogP contribution in [0.15, 0.2) is 70.8 Å². The number of thiophene rings is 1. The van der Waals surface area contributed by atoms with Crippen LogP contribution in [0.5, 0.6) is 11.5 Å². The fourth-order valence-corrected chi connectivity index (χ4v) is 5.12. The van der Waals surface area contributed by atoms with Gasteiger partial charge >= 0.3 is 5.97 Å². The maximum absolute atomic E-state index is 11.9. The summed E-state index contributed by atoms with van der Waals surface area (Å²) in [5.74, 6) is -0.902. The highest BCUT2D eigenvalue weighted by atomic mass is 32.1. The topological polar surface area (TPSA) is 152 Å². The molecule has 200 valence electrons. The average Bonchev–Trinajstić information content (AvgIpc) is 3.46. The summed E-state index contributed by atoms with van der Waals surface area (Å²) in [6.45, 7) is 1.44. The molecule has 0 bridgehead atoms. The molecule has 4 aromatic rings. The lowest BCUT2D eigenvalue weighted by Crippen LogP contribution is -2.35. The number of aliphatic hydroxyl groups excluding tert-OH is 1. The van der Waals surface area contributed by atoms with Crippen LogP contribution in [-0.4, -0.2) is 51.1 Å². The van der Waals surface area contributed by atoms with E-state index in [0.717, 1.165) is 19.3 Å². The van der Waals surface area contributed by atoms with E-state index < -0.39 is 17.7 Å². The minimum absolute atomic E-state index is 0.0457. The zero-order valence-corrected chi connectivity index (χ0v) is 21.4. The highest BCUT2D eigenvalue weighted by molar-refractivity contribution is 7.10. The molecule has 4 rings (SSSR count). The monoisotopic (exact) mass is 538 g/mol. The molecule has 0 fully saturated rings. The van der Waals surface area contributed by atoms with Gasteiger partial charge < -0.3 is 35.5 Å². The number of nitrogens with one attached hydrogen (secondary N) is 2. The average molecular weight is 539 g/mol. The zero-order chi connectivity index (χ0) is 27.1. The fraction of sp³-hybridized carbons (Fsp3) is 0.286. The van der Waals surface area contributed by atoms with E-state index >= 15 is 0 Å². The van der Waals surface area contributed by atoms with Crippen molar-refractivity contribution in [2.45, 2.75) is 31.0 Å². The van der Waals surface area contributed by atoms with Crippen LogP contribution in [0.25, 0.3) is 10.9 Å². The number of hydrogen-bond donors (Lipinski definition) is 6. The number of carbonyl (C=O) groups is 1. The van der Waals surface area contributed by atoms with Crippen molar-refractivity contribution in [2.24, 2.45) is 0 Å². The Morgan fingerprint density at radius 1 is 1.08 bits per heavy atom. The molecular weight excluding hydrogens is 508 g/mol. The number of hydrogen-bond acceptors (Lipinski definition) is 8. The van der Waals surface area contributed by atoms with Crippen molar-refractivity contribution < 1.29 is 30.0 Å². The van der Waals surface area contributed by atoms with Crippen LogP contribution in [0.2, 0.25) is 0 Å². The van der Waals surface area contributed by atoms with Crippen molar-refractivity contribution in [1.82, 2.24) is 10.3 Å². The molecule has 38 heavy (non-hydrogen) atoms. The lowest BCUT2D eigenvalue weighted by Gasteiger charge is -2.23. The Balaban J connectivity index is 1.21. The first-order valence-corrected chi connectivity index (χ1v) is 13.2. The Hall–Kier alpha value is -3.70. The van der Waals surface area contributed by atoms with Crippen LogP contribution in [0, 0.1) is 0 Å². The number of H-pyrrole nitrogens is 1. The van der Waals surface area contributed by atoms with E-state index in [1.54, 1.807) is 53.9 Å². The highest BCUT2D eigenvalue weighted by Crippen LogP contribution is 2.35. The molecular formula is C28H30N2O7S. The number of carboxylic acid groups (broad SMARTS) is 1. The number of pyridine rings is 1. The van der Waals surface area contributed by atoms with Crippen LogP contribution in [-0.2, 0) is 10.4 Å². The van der Waals surface area contributed by atoms with E-state index in [-0.39, 0.29) is 16.9 Å². The van der Waals surface area contributed by atoms with Gasteiger partial charge in [0.05, 0.1) is 23.1 Å². The SMILES string of the molecule is O=C(O)C(O)(c1cccc(OCCCCCNCC(O)c2ccc(O)c3[nH]c(=O)ccc23)c1)c1cccs1. The first-order chi connectivity index (χ1) is 18.3. The summed E-state index contributed by atoms with van der Waals surface area (Å²) >= 11 is 1.18. The summed E-state index contributed by atoms with van der Waals surface area (Å²) in [7, 11) is 0. The molecule has 9 nitrogen and oxygen atoms in total. The molecule has 0 aliphatic heterocycles. The van der Waals surface area contributed by atoms with Gasteiger partial charge in [-0.2, -0.15) is 0 Å². The minimum Gasteiger partial charge on any atom is -0.506 e. The quantitative estimate of drug-likeness (QED) is 0.142. The fourth-order valence-electron chi connectivity index (χ4n) is 4.28. The molecule has 10 heteroatoms. The van der Waals surface area contributed by atoms with E-state index in [1.807, 2.05) is 0 Å². The third-order valence-corrected chi connectivity index (χ3v) is 7.29. The molecule has 0 aliphatic carbocycles. The maximum atomic E-state index is 11.9. The number of benzene rings is 2. The van der Waals surface area contributed by atoms with E-state index in [0.29, 0.717) is 46.8 Å². The number of ether oxygens (including phenoxy) is 1. The number of aromatic nitrogens is 1. The molecule has 0 saturated heterocycles. The van der Waals surface area contributed by atoms with Crippen LogP contribution >= 0.6 is 11.3 Å². The normalized spacial score (nSPS) is 13.7. The summed E-state index contributed by atoms with van der Waals surface area (Å²) < 4.78 is 5.79. The predicted molar refractivity (Wildman–Crippen MR) is 145 cm³/mol. The molecule has 0 saturated carbocycles. The molecule has 0 spiro atoms. The van der Waals surface area contributed by atoms with Crippen molar-refractivity contribution in [2.75, 3.05) is 19.7 Å². The standard InChI is InChI=1S/C28H30N2O7S/c31-22-11-9-20(21-10-12-25(33)30-26(21)22)23(32)17-29-13-2-1-3-14-37-19-7-4-6-18(16-19)28(36,27(34)35)24-8-5-15-38-24/h4-12,15-16,23,29,31-32,36H,1-3,13-14,17H2,(H,30,33)(H,34,35). The number of phenolic OH excluding ortho intramolecular Hbond substituents is 1. The third-order valence-electron chi connectivity index (χ3n) is 6.31. The van der Waals surface area contributed by atoms with Crippen molar-refractivity contribution in [3.8, 4) is 11.5 Å². The van der Waals surface area contributed by atoms with Crippen molar-refractivity contribution in [1.29, 1.82) is 0 Å². The van der Waals surface area contributed by atoms with Gasteiger partial charge in [0.2, 0.25) is 11.2 Å². The number of fused-ring (bicyclic) bond motifs is 1. The van der Waals surface area contributed by atoms with Crippen molar-refractivity contribution in [3.05, 3.63) is 92.4 Å². The Bertz CT molecular complexity index is 1440. The van der Waals surface area contributed by atoms with Gasteiger partial charge in [-0.1, -0.05) is 24.3 Å². The second-order valence-corrected chi connectivity index (χ2v) is 9.88. The molecule has 2 unspecified atom stereocenters. The van der Waals surface area contributed by atoms with E-state index in [1.165, 1.54) is 23.5 Å². The number of carboxylic acids is 1. The van der Waals surface area contributed by atoms with Crippen molar-refractivity contribution >= 4 is 28.2 Å². The van der Waals surface area contributed by atoms with Gasteiger partial charge in [0.15, 0.2) is 0 Å². The Morgan fingerprint density at radius 2 is 1.92 bits per heavy atom. The predicted octanol–water partition coefficient (Wildman–Crippen LogP) is 3.49. The summed E-state index contributed by atoms with van der Waals surface area (Å²) in [4.78, 5) is 26.4. The minimum atomic E-state index is -2.13. The number of rotatable bonds is 13. The lowest BCUT2D eigenvalue weighted by atomic mass is 9.92. The van der Waals surface area contributed by atoms with Gasteiger partial charge in [-0.25, -0.2) is 4.79 Å². The van der Waals surface area contributed by atoms with Gasteiger partial charge in [-0.05, 0) is 67.1 Å². The first kappa shape index (κ1) is 27.3. The molecule has 2 heterocycles. The number of aliphatic carboxylic acids is 1. The van der Waals surface area contributed by atoms with Crippen molar-refractivity contribution in [3.63, 3.8) is 0 Å². The molecule has 6 N–H and O–H groups in total. The van der Waals surface area contributed by atoms with Crippen LogP contribution in [0.3, 0.4) is 0 Å². The molecule has 0 radical (unpaired) electrons. The molecule has 0 amide bonds. The smallest absolute Gasteiger partial charge is 0.346 e. The summed E-state index contributed by atoms with van der Waals surface area (Å²) in [5, 5.41) is 46.8. The molecule has 2 aromatic carbocycles. The Morgan fingerprint density at radius 3 is 2.68 bits per heavy atom. The van der Waals surface area contributed by atoms with Gasteiger partial charge in [-0.15, -0.1) is 11.3 Å². The Labute approximate surface area is 223 Å². The molecule has 0 aliphatic rings. The number of unbranched alkanes of at least 4 members (excludes halogenated alkanes) is 2. The summed E-state index contributed by atoms with van der Waals surface area (Å²) in [5.41, 5.74) is -1.30. The van der Waals surface area contributed by atoms with Crippen LogP contribution in [0.4, 0.5) is 0 Å². The number of aromatic hydroxyl groups is 1. The summed E-state index contributed by atoms with van der Waals surface area (Å²) in [6, 6.07) is 15.9. The largest absolute Gasteiger partial charge is 0.506 e. The van der Waals surface area contributed by atoms with E-state index in [9.17, 15) is 30.0 Å². The van der Waals surface area contributed by atoms with E-state index in [4.69, 9.17) is 4.74 Å². The number of aliphatic hydroxyl groups is 2. The second kappa shape index (κ2) is 12.2. The van der Waals surface area contributed by atoms with Crippen LogP contribution in [0.1, 0.15) is 41.4 Å². The van der Waals surface area contributed by atoms with E-state index in [2.05, 4.69) is 10.3 Å². The number of phenols is 1. The van der Waals surface area contributed by atoms with Crippen LogP contribution < -0.4 is 15.6 Å². The Kier molecular flexibility index (Phi) is 8.80. The molecule has 2 atom stereocenters. The summed E-state index contributed by atoms with van der Waals surface area (Å²) in [6.07, 6.45) is 1.70. The zero-order valence-electron chi connectivity index (χ0n) is 20.6.